The van der Waals surface area contributed by atoms with Gasteiger partial charge in [-0.05, 0) is 30.5 Å². The number of amides is 1. The number of carbonyl (C=O) groups is 1. The second kappa shape index (κ2) is 5.02. The Bertz CT molecular complexity index is 464. The van der Waals surface area contributed by atoms with Crippen molar-refractivity contribution in [2.24, 2.45) is 11.7 Å². The lowest BCUT2D eigenvalue weighted by molar-refractivity contribution is 0.0663. The topological polar surface area (TPSA) is 46.3 Å². The molecule has 1 aliphatic heterocycles. The summed E-state index contributed by atoms with van der Waals surface area (Å²) < 4.78 is 25.9. The van der Waals surface area contributed by atoms with Crippen LogP contribution in [0.4, 0.5) is 8.78 Å². The molecule has 0 saturated carbocycles. The minimum Gasteiger partial charge on any atom is -0.338 e. The van der Waals surface area contributed by atoms with Gasteiger partial charge in [-0.2, -0.15) is 0 Å². The van der Waals surface area contributed by atoms with Crippen LogP contribution >= 0.6 is 0 Å². The zero-order valence-electron chi connectivity index (χ0n) is 10.2. The highest BCUT2D eigenvalue weighted by atomic mass is 19.2. The maximum Gasteiger partial charge on any atom is 0.253 e. The summed E-state index contributed by atoms with van der Waals surface area (Å²) in [6.07, 6.45) is 0.733. The Morgan fingerprint density at radius 3 is 2.72 bits per heavy atom. The van der Waals surface area contributed by atoms with Crippen LogP contribution in [0, 0.1) is 17.6 Å². The Balaban J connectivity index is 2.14. The maximum atomic E-state index is 13.1. The molecule has 1 aromatic rings. The Morgan fingerprint density at radius 2 is 2.11 bits per heavy atom. The molecule has 0 bridgehead atoms. The van der Waals surface area contributed by atoms with Crippen LogP contribution in [0.1, 0.15) is 23.7 Å². The molecule has 0 spiro atoms. The van der Waals surface area contributed by atoms with Gasteiger partial charge in [-0.1, -0.05) is 6.92 Å². The van der Waals surface area contributed by atoms with Gasteiger partial charge in [0.05, 0.1) is 0 Å². The van der Waals surface area contributed by atoms with E-state index in [-0.39, 0.29) is 23.4 Å². The highest BCUT2D eigenvalue weighted by molar-refractivity contribution is 5.94. The predicted molar refractivity (Wildman–Crippen MR) is 64.0 cm³/mol. The first-order chi connectivity index (χ1) is 8.49. The summed E-state index contributed by atoms with van der Waals surface area (Å²) >= 11 is 0. The number of likely N-dealkylation sites (tertiary alicyclic amines) is 1. The Hall–Kier alpha value is -1.49. The summed E-state index contributed by atoms with van der Waals surface area (Å²) in [5.74, 6) is -2.00. The summed E-state index contributed by atoms with van der Waals surface area (Å²) in [4.78, 5) is 13.8. The van der Waals surface area contributed by atoms with Crippen molar-refractivity contribution in [1.29, 1.82) is 0 Å². The first kappa shape index (κ1) is 13.0. The first-order valence-electron chi connectivity index (χ1n) is 5.99. The SMILES string of the molecule is CC1CN(C(=O)c2ccc(F)c(F)c2)CCC1N. The van der Waals surface area contributed by atoms with E-state index in [0.717, 1.165) is 18.6 Å². The summed E-state index contributed by atoms with van der Waals surface area (Å²) in [6.45, 7) is 3.09. The smallest absolute Gasteiger partial charge is 0.253 e. The largest absolute Gasteiger partial charge is 0.338 e. The Morgan fingerprint density at radius 1 is 1.39 bits per heavy atom. The van der Waals surface area contributed by atoms with E-state index in [0.29, 0.717) is 13.1 Å². The summed E-state index contributed by atoms with van der Waals surface area (Å²) in [7, 11) is 0. The van der Waals surface area contributed by atoms with Crippen molar-refractivity contribution in [1.82, 2.24) is 4.90 Å². The van der Waals surface area contributed by atoms with E-state index in [1.807, 2.05) is 6.92 Å². The van der Waals surface area contributed by atoms with Gasteiger partial charge in [0.15, 0.2) is 11.6 Å². The molecule has 1 heterocycles. The third kappa shape index (κ3) is 2.51. The van der Waals surface area contributed by atoms with Crippen molar-refractivity contribution in [2.45, 2.75) is 19.4 Å². The molecule has 2 rings (SSSR count). The molecule has 0 aliphatic carbocycles. The average Bonchev–Trinajstić information content (AvgIpc) is 2.35. The van der Waals surface area contributed by atoms with Crippen LogP contribution < -0.4 is 5.73 Å². The van der Waals surface area contributed by atoms with Crippen molar-refractivity contribution >= 4 is 5.91 Å². The molecule has 2 unspecified atom stereocenters. The van der Waals surface area contributed by atoms with Gasteiger partial charge >= 0.3 is 0 Å². The van der Waals surface area contributed by atoms with E-state index in [1.54, 1.807) is 4.90 Å². The molecule has 98 valence electrons. The van der Waals surface area contributed by atoms with Crippen LogP contribution in [-0.2, 0) is 0 Å². The number of rotatable bonds is 1. The highest BCUT2D eigenvalue weighted by Gasteiger charge is 2.27. The molecule has 5 heteroatoms. The number of nitrogens with two attached hydrogens (primary N) is 1. The van der Waals surface area contributed by atoms with Crippen LogP contribution in [0.5, 0.6) is 0 Å². The monoisotopic (exact) mass is 254 g/mol. The van der Waals surface area contributed by atoms with E-state index in [9.17, 15) is 13.6 Å². The van der Waals surface area contributed by atoms with Crippen molar-refractivity contribution in [3.63, 3.8) is 0 Å². The number of carbonyl (C=O) groups excluding carboxylic acids is 1. The lowest BCUT2D eigenvalue weighted by Crippen LogP contribution is -2.48. The maximum absolute atomic E-state index is 13.1. The molecule has 2 N–H and O–H groups in total. The Kier molecular flexibility index (Phi) is 3.61. The number of benzene rings is 1. The second-order valence-electron chi connectivity index (χ2n) is 4.81. The molecule has 1 aliphatic rings. The number of piperidine rings is 1. The van der Waals surface area contributed by atoms with Crippen LogP contribution in [0.2, 0.25) is 0 Å². The first-order valence-corrected chi connectivity index (χ1v) is 5.99. The van der Waals surface area contributed by atoms with Gasteiger partial charge in [0.1, 0.15) is 0 Å². The molecular weight excluding hydrogens is 238 g/mol. The van der Waals surface area contributed by atoms with Gasteiger partial charge in [0, 0.05) is 24.7 Å². The fourth-order valence-electron chi connectivity index (χ4n) is 2.16. The Labute approximate surface area is 105 Å². The highest BCUT2D eigenvalue weighted by Crippen LogP contribution is 2.18. The molecule has 1 fully saturated rings. The number of hydrogen-bond acceptors (Lipinski definition) is 2. The van der Waals surface area contributed by atoms with Crippen molar-refractivity contribution < 1.29 is 13.6 Å². The standard InChI is InChI=1S/C13H16F2N2O/c1-8-7-17(5-4-12(8)16)13(18)9-2-3-10(14)11(15)6-9/h2-3,6,8,12H,4-5,7,16H2,1H3. The molecule has 3 nitrogen and oxygen atoms in total. The molecule has 1 amide bonds. The molecule has 18 heavy (non-hydrogen) atoms. The van der Waals surface area contributed by atoms with Crippen molar-refractivity contribution in [3.05, 3.63) is 35.4 Å². The zero-order chi connectivity index (χ0) is 13.3. The van der Waals surface area contributed by atoms with Crippen LogP contribution in [0.25, 0.3) is 0 Å². The van der Waals surface area contributed by atoms with Gasteiger partial charge in [-0.25, -0.2) is 8.78 Å². The van der Waals surface area contributed by atoms with Gasteiger partial charge in [-0.15, -0.1) is 0 Å². The quantitative estimate of drug-likeness (QED) is 0.830. The van der Waals surface area contributed by atoms with Crippen LogP contribution in [0.3, 0.4) is 0 Å². The molecule has 1 saturated heterocycles. The molecule has 2 atom stereocenters. The number of hydrogen-bond donors (Lipinski definition) is 1. The van der Waals surface area contributed by atoms with E-state index in [4.69, 9.17) is 5.73 Å². The van der Waals surface area contributed by atoms with E-state index < -0.39 is 11.6 Å². The normalized spacial score (nSPS) is 24.1. The van der Waals surface area contributed by atoms with Gasteiger partial charge < -0.3 is 10.6 Å². The predicted octanol–water partition coefficient (Wildman–Crippen LogP) is 1.77. The van der Waals surface area contributed by atoms with Crippen molar-refractivity contribution in [3.8, 4) is 0 Å². The lowest BCUT2D eigenvalue weighted by atomic mass is 9.94. The van der Waals surface area contributed by atoms with Gasteiger partial charge in [0.2, 0.25) is 0 Å². The van der Waals surface area contributed by atoms with E-state index in [2.05, 4.69) is 0 Å². The summed E-state index contributed by atoms with van der Waals surface area (Å²) in [6, 6.07) is 3.32. The molecular formula is C13H16F2N2O. The summed E-state index contributed by atoms with van der Waals surface area (Å²) in [5, 5.41) is 0. The van der Waals surface area contributed by atoms with E-state index in [1.165, 1.54) is 6.07 Å². The van der Waals surface area contributed by atoms with Crippen LogP contribution in [0.15, 0.2) is 18.2 Å². The lowest BCUT2D eigenvalue weighted by Gasteiger charge is -2.35. The third-order valence-corrected chi connectivity index (χ3v) is 3.43. The van der Waals surface area contributed by atoms with Gasteiger partial charge in [0.25, 0.3) is 5.91 Å². The zero-order valence-corrected chi connectivity index (χ0v) is 10.2. The molecule has 1 aromatic carbocycles. The van der Waals surface area contributed by atoms with Crippen molar-refractivity contribution in [2.75, 3.05) is 13.1 Å². The molecule has 0 aromatic heterocycles. The third-order valence-electron chi connectivity index (χ3n) is 3.43. The minimum absolute atomic E-state index is 0.0963. The number of nitrogens with zero attached hydrogens (tertiary/aromatic N) is 1. The van der Waals surface area contributed by atoms with E-state index >= 15 is 0 Å². The fraction of sp³-hybridized carbons (Fsp3) is 0.462. The minimum atomic E-state index is -0.998. The average molecular weight is 254 g/mol. The fourth-order valence-corrected chi connectivity index (χ4v) is 2.16. The van der Waals surface area contributed by atoms with Crippen LogP contribution in [-0.4, -0.2) is 29.9 Å². The molecule has 0 radical (unpaired) electrons. The van der Waals surface area contributed by atoms with Gasteiger partial charge in [-0.3, -0.25) is 4.79 Å². The second-order valence-corrected chi connectivity index (χ2v) is 4.81. The number of halogens is 2. The summed E-state index contributed by atoms with van der Waals surface area (Å²) in [5.41, 5.74) is 6.05.